The average molecular weight is 471 g/mol. The number of hydrogen-bond donors (Lipinski definition) is 1. The zero-order valence-corrected chi connectivity index (χ0v) is 17.4. The van der Waals surface area contributed by atoms with Crippen molar-refractivity contribution in [2.24, 2.45) is 0 Å². The maximum Gasteiger partial charge on any atom is 0.339 e. The first-order valence-electron chi connectivity index (χ1n) is 8.10. The van der Waals surface area contributed by atoms with Crippen LogP contribution in [0, 0.1) is 0 Å². The quantitative estimate of drug-likeness (QED) is 0.407. The van der Waals surface area contributed by atoms with Crippen molar-refractivity contribution >= 4 is 30.4 Å². The highest BCUT2D eigenvalue weighted by molar-refractivity contribution is 7.87. The molecule has 3 aromatic carbocycles. The van der Waals surface area contributed by atoms with Crippen LogP contribution in [0.4, 0.5) is 0 Å². The number of hydrogen-bond acceptors (Lipinski definition) is 8. The lowest BCUT2D eigenvalue weighted by atomic mass is 10.3. The van der Waals surface area contributed by atoms with Crippen LogP contribution in [0.15, 0.2) is 93.5 Å². The Hall–Kier alpha value is -2.93. The molecule has 3 rings (SSSR count). The summed E-state index contributed by atoms with van der Waals surface area (Å²) in [6.07, 6.45) is 0. The predicted octanol–water partition coefficient (Wildman–Crippen LogP) is 2.47. The molecule has 0 aliphatic rings. The second-order valence-corrected chi connectivity index (χ2v) is 10.3. The van der Waals surface area contributed by atoms with E-state index < -0.39 is 46.7 Å². The van der Waals surface area contributed by atoms with Crippen molar-refractivity contribution in [3.05, 3.63) is 78.9 Å². The zero-order chi connectivity index (χ0) is 22.0. The van der Waals surface area contributed by atoms with Gasteiger partial charge in [0.15, 0.2) is 5.75 Å². The van der Waals surface area contributed by atoms with E-state index in [0.717, 1.165) is 18.2 Å². The van der Waals surface area contributed by atoms with Crippen molar-refractivity contribution in [2.45, 2.75) is 14.7 Å². The summed E-state index contributed by atoms with van der Waals surface area (Å²) >= 11 is 0. The van der Waals surface area contributed by atoms with E-state index >= 15 is 0 Å². The number of benzene rings is 3. The third kappa shape index (κ3) is 4.97. The van der Waals surface area contributed by atoms with E-state index in [1.807, 2.05) is 0 Å². The van der Waals surface area contributed by atoms with Crippen LogP contribution in [0.3, 0.4) is 0 Å². The Balaban J connectivity index is 2.03. The molecule has 0 saturated carbocycles. The Labute approximate surface area is 173 Å². The van der Waals surface area contributed by atoms with Crippen LogP contribution < -0.4 is 8.37 Å². The minimum absolute atomic E-state index is 0.178. The first-order chi connectivity index (χ1) is 14.0. The molecule has 158 valence electrons. The van der Waals surface area contributed by atoms with Gasteiger partial charge in [-0.2, -0.15) is 25.3 Å². The van der Waals surface area contributed by atoms with E-state index in [4.69, 9.17) is 8.37 Å². The highest BCUT2D eigenvalue weighted by atomic mass is 32.2. The summed E-state index contributed by atoms with van der Waals surface area (Å²) in [5, 5.41) is 0. The van der Waals surface area contributed by atoms with Gasteiger partial charge in [0.2, 0.25) is 0 Å². The first-order valence-corrected chi connectivity index (χ1v) is 12.4. The van der Waals surface area contributed by atoms with E-state index in [9.17, 15) is 29.8 Å². The topological polar surface area (TPSA) is 141 Å². The van der Waals surface area contributed by atoms with Gasteiger partial charge in [-0.25, -0.2) is 0 Å². The molecule has 0 heterocycles. The highest BCUT2D eigenvalue weighted by Gasteiger charge is 2.25. The standard InChI is InChI=1S/C18H14O9S3/c19-28(20,21)18-12-11-14(26-29(22,23)15-7-3-1-4-8-15)13-17(18)27-30(24,25)16-9-5-2-6-10-16/h1-13H,(H,19,20,21). The molecule has 0 aromatic heterocycles. The Morgan fingerprint density at radius 1 is 0.600 bits per heavy atom. The molecule has 3 aromatic rings. The Kier molecular flexibility index (Phi) is 5.85. The van der Waals surface area contributed by atoms with E-state index in [2.05, 4.69) is 0 Å². The fourth-order valence-corrected chi connectivity index (χ4v) is 4.89. The lowest BCUT2D eigenvalue weighted by molar-refractivity contribution is 0.460. The van der Waals surface area contributed by atoms with Gasteiger partial charge in [-0.1, -0.05) is 36.4 Å². The molecule has 0 amide bonds. The molecule has 0 atom stereocenters. The molecule has 0 aliphatic heterocycles. The molecule has 0 fully saturated rings. The van der Waals surface area contributed by atoms with Crippen molar-refractivity contribution in [3.63, 3.8) is 0 Å². The second kappa shape index (κ2) is 8.07. The van der Waals surface area contributed by atoms with E-state index in [1.54, 1.807) is 12.1 Å². The van der Waals surface area contributed by atoms with Gasteiger partial charge in [0.25, 0.3) is 10.1 Å². The molecule has 0 unspecified atom stereocenters. The summed E-state index contributed by atoms with van der Waals surface area (Å²) in [7, 11) is -13.7. The van der Waals surface area contributed by atoms with Gasteiger partial charge in [0.1, 0.15) is 20.4 Å². The zero-order valence-electron chi connectivity index (χ0n) is 14.9. The van der Waals surface area contributed by atoms with Crippen LogP contribution in [0.2, 0.25) is 0 Å². The smallest absolute Gasteiger partial charge is 0.339 e. The number of rotatable bonds is 7. The largest absolute Gasteiger partial charge is 0.379 e. The minimum atomic E-state index is -4.90. The molecule has 0 spiro atoms. The third-order valence-electron chi connectivity index (χ3n) is 3.66. The summed E-state index contributed by atoms with van der Waals surface area (Å²) in [4.78, 5) is -1.34. The van der Waals surface area contributed by atoms with Gasteiger partial charge >= 0.3 is 20.2 Å². The Bertz CT molecular complexity index is 1370. The van der Waals surface area contributed by atoms with Gasteiger partial charge < -0.3 is 8.37 Å². The van der Waals surface area contributed by atoms with Crippen LogP contribution >= 0.6 is 0 Å². The summed E-state index contributed by atoms with van der Waals surface area (Å²) in [5.74, 6) is -1.26. The molecule has 12 heteroatoms. The van der Waals surface area contributed by atoms with Crippen molar-refractivity contribution in [3.8, 4) is 11.5 Å². The van der Waals surface area contributed by atoms with E-state index in [0.29, 0.717) is 0 Å². The van der Waals surface area contributed by atoms with Crippen LogP contribution in [-0.4, -0.2) is 29.8 Å². The summed E-state index contributed by atoms with van der Waals surface area (Å²) in [6, 6.07) is 16.4. The van der Waals surface area contributed by atoms with Crippen molar-refractivity contribution in [1.29, 1.82) is 0 Å². The predicted molar refractivity (Wildman–Crippen MR) is 105 cm³/mol. The van der Waals surface area contributed by atoms with Gasteiger partial charge in [-0.3, -0.25) is 4.55 Å². The first kappa shape index (κ1) is 21.8. The van der Waals surface area contributed by atoms with Crippen LogP contribution in [0.1, 0.15) is 0 Å². The lowest BCUT2D eigenvalue weighted by Gasteiger charge is -2.12. The maximum absolute atomic E-state index is 12.4. The highest BCUT2D eigenvalue weighted by Crippen LogP contribution is 2.32. The molecule has 0 radical (unpaired) electrons. The van der Waals surface area contributed by atoms with Gasteiger partial charge in [0, 0.05) is 6.07 Å². The van der Waals surface area contributed by atoms with E-state index in [-0.39, 0.29) is 9.79 Å². The molecule has 0 aliphatic carbocycles. The molecule has 0 saturated heterocycles. The van der Waals surface area contributed by atoms with Gasteiger partial charge in [0.05, 0.1) is 0 Å². The fourth-order valence-electron chi connectivity index (χ4n) is 2.33. The van der Waals surface area contributed by atoms with Crippen LogP contribution in [-0.2, 0) is 30.4 Å². The fraction of sp³-hybridized carbons (Fsp3) is 0. The van der Waals surface area contributed by atoms with Crippen molar-refractivity contribution < 1.29 is 38.2 Å². The van der Waals surface area contributed by atoms with Crippen molar-refractivity contribution in [1.82, 2.24) is 0 Å². The Morgan fingerprint density at radius 3 is 1.53 bits per heavy atom. The molecular formula is C18H14O9S3. The van der Waals surface area contributed by atoms with Crippen LogP contribution in [0.25, 0.3) is 0 Å². The lowest BCUT2D eigenvalue weighted by Crippen LogP contribution is -2.13. The summed E-state index contributed by atoms with van der Waals surface area (Å²) in [5.41, 5.74) is 0. The third-order valence-corrected chi connectivity index (χ3v) is 7.07. The SMILES string of the molecule is O=S(=O)(O)c1ccc(OS(=O)(=O)c2ccccc2)cc1OS(=O)(=O)c1ccccc1. The molecule has 30 heavy (non-hydrogen) atoms. The van der Waals surface area contributed by atoms with Gasteiger partial charge in [-0.05, 0) is 36.4 Å². The van der Waals surface area contributed by atoms with Crippen LogP contribution in [0.5, 0.6) is 11.5 Å². The molecular weight excluding hydrogens is 456 g/mol. The maximum atomic E-state index is 12.4. The van der Waals surface area contributed by atoms with E-state index in [1.165, 1.54) is 48.5 Å². The Morgan fingerprint density at radius 2 is 1.07 bits per heavy atom. The summed E-state index contributed by atoms with van der Waals surface area (Å²) < 4.78 is 92.0. The molecule has 1 N–H and O–H groups in total. The summed E-state index contributed by atoms with van der Waals surface area (Å²) in [6.45, 7) is 0. The molecule has 0 bridgehead atoms. The minimum Gasteiger partial charge on any atom is -0.379 e. The normalized spacial score (nSPS) is 12.3. The van der Waals surface area contributed by atoms with Crippen molar-refractivity contribution in [2.75, 3.05) is 0 Å². The average Bonchev–Trinajstić information content (AvgIpc) is 2.68. The second-order valence-electron chi connectivity index (χ2n) is 5.78. The van der Waals surface area contributed by atoms with Gasteiger partial charge in [-0.15, -0.1) is 0 Å². The molecule has 9 nitrogen and oxygen atoms in total. The monoisotopic (exact) mass is 470 g/mol.